The summed E-state index contributed by atoms with van der Waals surface area (Å²) in [5, 5.41) is -1.26. The van der Waals surface area contributed by atoms with E-state index < -0.39 is 15.4 Å². The van der Waals surface area contributed by atoms with Gasteiger partial charge >= 0.3 is 29.6 Å². The summed E-state index contributed by atoms with van der Waals surface area (Å²) < 4.78 is 46.4. The van der Waals surface area contributed by atoms with Gasteiger partial charge in [-0.15, -0.1) is 5.92 Å². The molecule has 1 aliphatic heterocycles. The van der Waals surface area contributed by atoms with Gasteiger partial charge in [0.25, 0.3) is 0 Å². The third-order valence-electron chi connectivity index (χ3n) is 8.02. The van der Waals surface area contributed by atoms with E-state index in [9.17, 15) is 13.0 Å². The molecule has 6 rings (SSSR count). The van der Waals surface area contributed by atoms with Crippen LogP contribution in [0.4, 0.5) is 28.4 Å². The van der Waals surface area contributed by atoms with Crippen LogP contribution in [-0.4, -0.2) is 39.0 Å². The second-order valence-corrected chi connectivity index (χ2v) is 13.5. The molecule has 5 aromatic rings. The molecular formula is C38H33N2NaO5S2. The van der Waals surface area contributed by atoms with Gasteiger partial charge in [-0.1, -0.05) is 48.0 Å². The number of ether oxygens (including phenoxy) is 2. The Morgan fingerprint density at radius 2 is 1.27 bits per heavy atom. The van der Waals surface area contributed by atoms with Crippen LogP contribution >= 0.6 is 11.8 Å². The van der Waals surface area contributed by atoms with Crippen molar-refractivity contribution in [1.82, 2.24) is 0 Å². The number of benzene rings is 5. The van der Waals surface area contributed by atoms with Crippen LogP contribution in [0.2, 0.25) is 0 Å². The molecule has 5 aromatic carbocycles. The number of methoxy groups -OCH3 is 2. The largest absolute Gasteiger partial charge is 1.00 e. The van der Waals surface area contributed by atoms with E-state index in [2.05, 4.69) is 70.2 Å². The molecule has 1 aliphatic rings. The molecule has 1 heterocycles. The zero-order chi connectivity index (χ0) is 33.0. The van der Waals surface area contributed by atoms with E-state index in [4.69, 9.17) is 9.47 Å². The molecule has 0 radical (unpaired) electrons. The van der Waals surface area contributed by atoms with Crippen LogP contribution in [0.5, 0.6) is 11.5 Å². The van der Waals surface area contributed by atoms with Crippen molar-refractivity contribution in [3.8, 4) is 34.5 Å². The summed E-state index contributed by atoms with van der Waals surface area (Å²) in [6, 6.07) is 38.7. The molecule has 0 saturated heterocycles. The first kappa shape index (κ1) is 35.4. The van der Waals surface area contributed by atoms with Gasteiger partial charge in [0.05, 0.1) is 25.6 Å². The Balaban J connectivity index is 0.00000451. The molecule has 0 saturated carbocycles. The van der Waals surface area contributed by atoms with Gasteiger partial charge in [0.1, 0.15) is 26.9 Å². The number of hydrogen-bond acceptors (Lipinski definition) is 8. The maximum atomic E-state index is 11.9. The van der Waals surface area contributed by atoms with Crippen molar-refractivity contribution in [2.24, 2.45) is 0 Å². The van der Waals surface area contributed by atoms with E-state index in [1.807, 2.05) is 66.7 Å². The van der Waals surface area contributed by atoms with E-state index in [0.29, 0.717) is 6.54 Å². The zero-order valence-corrected chi connectivity index (χ0v) is 30.8. The minimum atomic E-state index is -4.55. The average Bonchev–Trinajstić information content (AvgIpc) is 3.10. The van der Waals surface area contributed by atoms with Gasteiger partial charge in [0.15, 0.2) is 0 Å². The van der Waals surface area contributed by atoms with Crippen LogP contribution in [0.3, 0.4) is 0 Å². The van der Waals surface area contributed by atoms with E-state index in [1.165, 1.54) is 0 Å². The van der Waals surface area contributed by atoms with Gasteiger partial charge in [-0.25, -0.2) is 8.42 Å². The number of nitrogens with zero attached hydrogens (tertiary/aromatic N) is 2. The number of hydrogen-bond donors (Lipinski definition) is 0. The summed E-state index contributed by atoms with van der Waals surface area (Å²) in [6.45, 7) is 1.88. The van der Waals surface area contributed by atoms with Crippen LogP contribution in [0.25, 0.3) is 11.1 Å². The van der Waals surface area contributed by atoms with Gasteiger partial charge in [-0.2, -0.15) is 0 Å². The molecule has 0 amide bonds. The van der Waals surface area contributed by atoms with E-state index in [0.717, 1.165) is 60.9 Å². The van der Waals surface area contributed by atoms with Crippen molar-refractivity contribution >= 4 is 50.3 Å². The minimum Gasteiger partial charge on any atom is -0.747 e. The third-order valence-corrected chi connectivity index (χ3v) is 10.2. The Kier molecular flexibility index (Phi) is 11.5. The van der Waals surface area contributed by atoms with Crippen LogP contribution in [-0.2, 0) is 10.1 Å². The normalized spacial score (nSPS) is 12.4. The monoisotopic (exact) mass is 684 g/mol. The summed E-state index contributed by atoms with van der Waals surface area (Å²) in [7, 11) is -1.23. The standard InChI is InChI=1S/C38H34N2O5S2.Na/c1-4-7-34(47(41,42)43)24-25-39-35-8-5-6-9-37(35)46-38-26-28(12-23-36(38)39)27-10-13-29(14-11-27)40(30-15-19-32(44-2)20-16-30)31-17-21-33(45-3)22-18-31;/h5-6,8-23,26,34H,24-25H2,1-3H3,(H,41,42,43);/q;+1/p-1. The van der Waals surface area contributed by atoms with Gasteiger partial charge < -0.3 is 23.8 Å². The first-order valence-corrected chi connectivity index (χ1v) is 17.3. The molecule has 7 nitrogen and oxygen atoms in total. The van der Waals surface area contributed by atoms with Crippen molar-refractivity contribution in [2.75, 3.05) is 30.6 Å². The summed E-state index contributed by atoms with van der Waals surface area (Å²) in [4.78, 5) is 6.38. The fourth-order valence-corrected chi connectivity index (χ4v) is 7.45. The Hall–Kier alpha value is -3.88. The maximum Gasteiger partial charge on any atom is 1.00 e. The zero-order valence-electron chi connectivity index (χ0n) is 27.2. The third kappa shape index (κ3) is 7.71. The van der Waals surface area contributed by atoms with Crippen molar-refractivity contribution in [3.05, 3.63) is 115 Å². The van der Waals surface area contributed by atoms with Crippen LogP contribution in [0.15, 0.2) is 125 Å². The number of rotatable bonds is 10. The van der Waals surface area contributed by atoms with E-state index in [1.54, 1.807) is 32.9 Å². The van der Waals surface area contributed by atoms with Crippen LogP contribution in [0.1, 0.15) is 13.3 Å². The van der Waals surface area contributed by atoms with E-state index in [-0.39, 0.29) is 36.0 Å². The molecule has 10 heteroatoms. The fourth-order valence-electron chi connectivity index (χ4n) is 5.66. The fraction of sp³-hybridized carbons (Fsp3) is 0.158. The molecular weight excluding hydrogens is 652 g/mol. The van der Waals surface area contributed by atoms with Gasteiger partial charge in [0.2, 0.25) is 0 Å². The predicted octanol–water partition coefficient (Wildman–Crippen LogP) is 5.77. The minimum absolute atomic E-state index is 0. The number of fused-ring (bicyclic) bond motifs is 2. The summed E-state index contributed by atoms with van der Waals surface area (Å²) in [5.41, 5.74) is 7.03. The topological polar surface area (TPSA) is 82.1 Å². The van der Waals surface area contributed by atoms with Crippen LogP contribution in [0, 0.1) is 11.8 Å². The molecule has 0 aliphatic carbocycles. The molecule has 0 aromatic heterocycles. The summed E-state index contributed by atoms with van der Waals surface area (Å²) >= 11 is 1.68. The Morgan fingerprint density at radius 1 is 0.750 bits per heavy atom. The van der Waals surface area contributed by atoms with Crippen molar-refractivity contribution < 1.29 is 52.0 Å². The first-order valence-electron chi connectivity index (χ1n) is 15.0. The molecule has 0 bridgehead atoms. The Morgan fingerprint density at radius 3 is 1.81 bits per heavy atom. The molecule has 238 valence electrons. The van der Waals surface area contributed by atoms with Crippen molar-refractivity contribution in [2.45, 2.75) is 28.4 Å². The number of anilines is 5. The average molecular weight is 685 g/mol. The van der Waals surface area contributed by atoms with Gasteiger partial charge in [-0.05, 0) is 109 Å². The molecule has 0 fully saturated rings. The second-order valence-electron chi connectivity index (χ2n) is 10.8. The SMILES string of the molecule is CC#CC(CCN1c2ccccc2Sc2cc(-c3ccc(N(c4ccc(OC)cc4)c4ccc(OC)cc4)cc3)ccc21)S(=O)(=O)[O-].[Na+]. The predicted molar refractivity (Wildman–Crippen MR) is 189 cm³/mol. The molecule has 48 heavy (non-hydrogen) atoms. The molecule has 0 spiro atoms. The quantitative estimate of drug-likeness (QED) is 0.104. The van der Waals surface area contributed by atoms with Gasteiger partial charge in [0, 0.05) is 33.4 Å². The molecule has 1 unspecified atom stereocenters. The van der Waals surface area contributed by atoms with Crippen LogP contribution < -0.4 is 48.8 Å². The Bertz CT molecular complexity index is 2000. The Labute approximate surface area is 308 Å². The summed E-state index contributed by atoms with van der Waals surface area (Å²) in [6.07, 6.45) is 0.104. The van der Waals surface area contributed by atoms with Crippen molar-refractivity contribution in [1.29, 1.82) is 0 Å². The van der Waals surface area contributed by atoms with Crippen molar-refractivity contribution in [3.63, 3.8) is 0 Å². The first-order chi connectivity index (χ1) is 22.8. The smallest absolute Gasteiger partial charge is 0.747 e. The number of para-hydroxylation sites is 1. The van der Waals surface area contributed by atoms with Gasteiger partial charge in [-0.3, -0.25) is 0 Å². The maximum absolute atomic E-state index is 11.9. The molecule has 0 N–H and O–H groups in total. The second kappa shape index (κ2) is 15.6. The van der Waals surface area contributed by atoms with E-state index >= 15 is 0 Å². The summed E-state index contributed by atoms with van der Waals surface area (Å²) in [5.74, 6) is 6.76. The molecule has 1 atom stereocenters.